The van der Waals surface area contributed by atoms with Crippen molar-refractivity contribution in [3.8, 4) is 0 Å². The van der Waals surface area contributed by atoms with Crippen molar-refractivity contribution in [3.63, 3.8) is 0 Å². The first kappa shape index (κ1) is 18.0. The SMILES string of the molecule is Cc1cc2c(cc1C)C(=O)[C@@H](C)S[C@H](C(=O)Nc1ccc(Cl)cc1)C2. The quantitative estimate of drug-likeness (QED) is 0.820. The van der Waals surface area contributed by atoms with E-state index >= 15 is 0 Å². The van der Waals surface area contributed by atoms with Gasteiger partial charge in [0.2, 0.25) is 5.91 Å². The number of aryl methyl sites for hydroxylation is 2. The summed E-state index contributed by atoms with van der Waals surface area (Å²) in [4.78, 5) is 25.4. The number of carbonyl (C=O) groups is 2. The van der Waals surface area contributed by atoms with Crippen molar-refractivity contribution in [1.82, 2.24) is 0 Å². The summed E-state index contributed by atoms with van der Waals surface area (Å²) in [7, 11) is 0. The van der Waals surface area contributed by atoms with Crippen LogP contribution in [0.1, 0.15) is 34.0 Å². The van der Waals surface area contributed by atoms with Crippen molar-refractivity contribution >= 4 is 40.7 Å². The van der Waals surface area contributed by atoms with E-state index in [-0.39, 0.29) is 22.2 Å². The highest BCUT2D eigenvalue weighted by molar-refractivity contribution is 8.01. The van der Waals surface area contributed by atoms with Crippen molar-refractivity contribution in [2.24, 2.45) is 0 Å². The molecule has 1 aliphatic rings. The van der Waals surface area contributed by atoms with Crippen molar-refractivity contribution < 1.29 is 9.59 Å². The summed E-state index contributed by atoms with van der Waals surface area (Å²) in [6.45, 7) is 5.92. The summed E-state index contributed by atoms with van der Waals surface area (Å²) in [5, 5.41) is 3.00. The number of nitrogens with one attached hydrogen (secondary N) is 1. The van der Waals surface area contributed by atoms with E-state index in [2.05, 4.69) is 5.32 Å². The molecule has 1 amide bonds. The maximum Gasteiger partial charge on any atom is 0.237 e. The zero-order chi connectivity index (χ0) is 18.1. The van der Waals surface area contributed by atoms with Crippen LogP contribution in [0, 0.1) is 13.8 Å². The molecule has 2 aromatic carbocycles. The van der Waals surface area contributed by atoms with Gasteiger partial charge in [0.1, 0.15) is 0 Å². The molecule has 3 rings (SSSR count). The van der Waals surface area contributed by atoms with Crippen LogP contribution in [-0.4, -0.2) is 22.2 Å². The summed E-state index contributed by atoms with van der Waals surface area (Å²) in [5.41, 5.74) is 4.67. The number of benzene rings is 2. The molecule has 2 atom stereocenters. The minimum absolute atomic E-state index is 0.0851. The standard InChI is InChI=1S/C20H20ClNO2S/c1-11-8-14-10-18(20(24)22-16-6-4-15(21)5-7-16)25-13(3)19(23)17(14)9-12(11)2/h4-9,13,18H,10H2,1-3H3,(H,22,24)/t13-,18+/m1/s1. The number of hydrogen-bond acceptors (Lipinski definition) is 3. The Morgan fingerprint density at radius 3 is 2.48 bits per heavy atom. The molecule has 0 fully saturated rings. The van der Waals surface area contributed by atoms with Crippen molar-refractivity contribution in [3.05, 3.63) is 63.7 Å². The van der Waals surface area contributed by atoms with Gasteiger partial charge < -0.3 is 5.32 Å². The van der Waals surface area contributed by atoms with E-state index in [0.717, 1.165) is 22.3 Å². The van der Waals surface area contributed by atoms with Crippen LogP contribution in [0.3, 0.4) is 0 Å². The molecular formula is C20H20ClNO2S. The summed E-state index contributed by atoms with van der Waals surface area (Å²) < 4.78 is 0. The number of carbonyl (C=O) groups excluding carboxylic acids is 2. The van der Waals surface area contributed by atoms with E-state index < -0.39 is 0 Å². The Morgan fingerprint density at radius 1 is 1.16 bits per heavy atom. The van der Waals surface area contributed by atoms with E-state index in [0.29, 0.717) is 17.1 Å². The summed E-state index contributed by atoms with van der Waals surface area (Å²) in [6, 6.07) is 11.0. The van der Waals surface area contributed by atoms with Crippen molar-refractivity contribution in [1.29, 1.82) is 0 Å². The molecule has 3 nitrogen and oxygen atoms in total. The Morgan fingerprint density at radius 2 is 1.80 bits per heavy atom. The van der Waals surface area contributed by atoms with E-state index in [9.17, 15) is 9.59 Å². The van der Waals surface area contributed by atoms with Gasteiger partial charge in [-0.2, -0.15) is 0 Å². The molecule has 1 heterocycles. The molecule has 0 bridgehead atoms. The molecule has 130 valence electrons. The van der Waals surface area contributed by atoms with Crippen molar-refractivity contribution in [2.45, 2.75) is 37.7 Å². The van der Waals surface area contributed by atoms with Gasteiger partial charge >= 0.3 is 0 Å². The molecule has 2 aromatic rings. The fraction of sp³-hybridized carbons (Fsp3) is 0.300. The second-order valence-electron chi connectivity index (χ2n) is 6.43. The van der Waals surface area contributed by atoms with Crippen LogP contribution in [0.25, 0.3) is 0 Å². The van der Waals surface area contributed by atoms with Crippen LogP contribution >= 0.6 is 23.4 Å². The van der Waals surface area contributed by atoms with Gasteiger partial charge in [-0.3, -0.25) is 9.59 Å². The van der Waals surface area contributed by atoms with Gasteiger partial charge in [-0.15, -0.1) is 11.8 Å². The molecule has 0 aromatic heterocycles. The van der Waals surface area contributed by atoms with Gasteiger partial charge in [0.05, 0.1) is 10.5 Å². The Hall–Kier alpha value is -1.78. The highest BCUT2D eigenvalue weighted by atomic mass is 35.5. The molecule has 1 N–H and O–H groups in total. The summed E-state index contributed by atoms with van der Waals surface area (Å²) in [5.74, 6) is 0.0166. The fourth-order valence-corrected chi connectivity index (χ4v) is 4.29. The molecule has 0 saturated carbocycles. The number of rotatable bonds is 2. The highest BCUT2D eigenvalue weighted by Gasteiger charge is 2.32. The molecule has 1 aliphatic heterocycles. The average molecular weight is 374 g/mol. The van der Waals surface area contributed by atoms with Gasteiger partial charge in [-0.05, 0) is 74.2 Å². The second-order valence-corrected chi connectivity index (χ2v) is 8.41. The summed E-state index contributed by atoms with van der Waals surface area (Å²) in [6.07, 6.45) is 0.552. The third-order valence-corrected chi connectivity index (χ3v) is 6.12. The minimum atomic E-state index is -0.307. The molecule has 0 radical (unpaired) electrons. The number of ketones is 1. The van der Waals surface area contributed by atoms with Gasteiger partial charge in [0.15, 0.2) is 5.78 Å². The van der Waals surface area contributed by atoms with Gasteiger partial charge in [0.25, 0.3) is 0 Å². The van der Waals surface area contributed by atoms with Crippen LogP contribution in [-0.2, 0) is 11.2 Å². The average Bonchev–Trinajstić information content (AvgIpc) is 2.69. The first-order chi connectivity index (χ1) is 11.8. The van der Waals surface area contributed by atoms with E-state index in [4.69, 9.17) is 11.6 Å². The third-order valence-electron chi connectivity index (χ3n) is 4.53. The zero-order valence-electron chi connectivity index (χ0n) is 14.4. The first-order valence-corrected chi connectivity index (χ1v) is 9.53. The number of Topliss-reactive ketones (excluding diaryl/α,β-unsaturated/α-hetero) is 1. The molecular weight excluding hydrogens is 354 g/mol. The number of amides is 1. The number of fused-ring (bicyclic) bond motifs is 1. The normalized spacial score (nSPS) is 19.9. The van der Waals surface area contributed by atoms with E-state index in [1.54, 1.807) is 24.3 Å². The Balaban J connectivity index is 1.87. The van der Waals surface area contributed by atoms with Crippen LogP contribution < -0.4 is 5.32 Å². The Bertz CT molecular complexity index is 832. The lowest BCUT2D eigenvalue weighted by molar-refractivity contribution is -0.115. The minimum Gasteiger partial charge on any atom is -0.325 e. The van der Waals surface area contributed by atoms with Gasteiger partial charge in [0, 0.05) is 16.3 Å². The number of anilines is 1. The van der Waals surface area contributed by atoms with E-state index in [1.807, 2.05) is 32.9 Å². The maximum atomic E-state index is 12.7. The summed E-state index contributed by atoms with van der Waals surface area (Å²) >= 11 is 7.31. The highest BCUT2D eigenvalue weighted by Crippen LogP contribution is 2.32. The molecule has 0 saturated heterocycles. The lowest BCUT2D eigenvalue weighted by Gasteiger charge is -2.16. The zero-order valence-corrected chi connectivity index (χ0v) is 16.0. The van der Waals surface area contributed by atoms with Gasteiger partial charge in [-0.25, -0.2) is 0 Å². The fourth-order valence-electron chi connectivity index (χ4n) is 2.96. The smallest absolute Gasteiger partial charge is 0.237 e. The Labute approximate surface area is 157 Å². The van der Waals surface area contributed by atoms with E-state index in [1.165, 1.54) is 11.8 Å². The van der Waals surface area contributed by atoms with Crippen LogP contribution in [0.5, 0.6) is 0 Å². The second kappa shape index (κ2) is 7.22. The Kier molecular flexibility index (Phi) is 5.21. The largest absolute Gasteiger partial charge is 0.325 e. The topological polar surface area (TPSA) is 46.2 Å². The van der Waals surface area contributed by atoms with Crippen LogP contribution in [0.2, 0.25) is 5.02 Å². The van der Waals surface area contributed by atoms with Crippen molar-refractivity contribution in [2.75, 3.05) is 5.32 Å². The maximum absolute atomic E-state index is 12.7. The number of hydrogen-bond donors (Lipinski definition) is 1. The third kappa shape index (κ3) is 3.91. The molecule has 0 spiro atoms. The predicted octanol–water partition coefficient (Wildman–Crippen LogP) is 4.82. The van der Waals surface area contributed by atoms with Crippen LogP contribution in [0.4, 0.5) is 5.69 Å². The number of halogens is 1. The molecule has 0 unspecified atom stereocenters. The molecule has 25 heavy (non-hydrogen) atoms. The predicted molar refractivity (Wildman–Crippen MR) is 105 cm³/mol. The lowest BCUT2D eigenvalue weighted by Crippen LogP contribution is -2.28. The molecule has 5 heteroatoms. The molecule has 0 aliphatic carbocycles. The van der Waals surface area contributed by atoms with Gasteiger partial charge in [-0.1, -0.05) is 17.7 Å². The van der Waals surface area contributed by atoms with Crippen LogP contribution in [0.15, 0.2) is 36.4 Å². The lowest BCUT2D eigenvalue weighted by atomic mass is 9.93. The first-order valence-electron chi connectivity index (χ1n) is 8.21. The monoisotopic (exact) mass is 373 g/mol. The number of thioether (sulfide) groups is 1.